The van der Waals surface area contributed by atoms with Crippen molar-refractivity contribution < 1.29 is 4.79 Å². The minimum absolute atomic E-state index is 0.129. The number of rotatable bonds is 4. The third-order valence-electron chi connectivity index (χ3n) is 3.74. The van der Waals surface area contributed by atoms with Gasteiger partial charge in [0.25, 0.3) is 0 Å². The summed E-state index contributed by atoms with van der Waals surface area (Å²) in [6, 6.07) is 5.37. The predicted octanol–water partition coefficient (Wildman–Crippen LogP) is 3.48. The molecule has 2 N–H and O–H groups in total. The topological polar surface area (TPSA) is 43.1 Å². The van der Waals surface area contributed by atoms with Crippen molar-refractivity contribution in [2.24, 2.45) is 17.6 Å². The van der Waals surface area contributed by atoms with E-state index in [9.17, 15) is 4.79 Å². The summed E-state index contributed by atoms with van der Waals surface area (Å²) in [5.41, 5.74) is 6.64. The van der Waals surface area contributed by atoms with Gasteiger partial charge in [0.15, 0.2) is 0 Å². The van der Waals surface area contributed by atoms with E-state index in [1.807, 2.05) is 6.07 Å². The molecule has 0 saturated heterocycles. The van der Waals surface area contributed by atoms with Crippen LogP contribution in [0, 0.1) is 11.8 Å². The highest BCUT2D eigenvalue weighted by Gasteiger charge is 2.31. The number of benzene rings is 1. The molecule has 18 heavy (non-hydrogen) atoms. The highest BCUT2D eigenvalue weighted by molar-refractivity contribution is 6.42. The van der Waals surface area contributed by atoms with Crippen LogP contribution in [-0.4, -0.2) is 12.3 Å². The molecule has 0 aliphatic heterocycles. The van der Waals surface area contributed by atoms with Crippen LogP contribution in [0.3, 0.4) is 0 Å². The van der Waals surface area contributed by atoms with Crippen LogP contribution in [-0.2, 0) is 11.2 Å². The Labute approximate surface area is 117 Å². The Morgan fingerprint density at radius 2 is 2.06 bits per heavy atom. The molecule has 1 saturated carbocycles. The van der Waals surface area contributed by atoms with Gasteiger partial charge in [-0.15, -0.1) is 0 Å². The van der Waals surface area contributed by atoms with E-state index in [1.54, 1.807) is 12.1 Å². The first-order valence-electron chi connectivity index (χ1n) is 6.28. The van der Waals surface area contributed by atoms with E-state index in [-0.39, 0.29) is 11.7 Å². The van der Waals surface area contributed by atoms with Gasteiger partial charge >= 0.3 is 0 Å². The summed E-state index contributed by atoms with van der Waals surface area (Å²) >= 11 is 11.8. The van der Waals surface area contributed by atoms with Gasteiger partial charge in [-0.1, -0.05) is 35.7 Å². The quantitative estimate of drug-likeness (QED) is 0.920. The van der Waals surface area contributed by atoms with Gasteiger partial charge in [0.05, 0.1) is 10.0 Å². The van der Waals surface area contributed by atoms with Crippen LogP contribution in [0.25, 0.3) is 0 Å². The van der Waals surface area contributed by atoms with Crippen molar-refractivity contribution >= 4 is 29.0 Å². The fourth-order valence-electron chi connectivity index (χ4n) is 2.72. The number of nitrogens with two attached hydrogens (primary N) is 1. The molecule has 0 heterocycles. The molecule has 1 aromatic carbocycles. The number of hydrogen-bond acceptors (Lipinski definition) is 2. The van der Waals surface area contributed by atoms with Gasteiger partial charge < -0.3 is 5.73 Å². The lowest BCUT2D eigenvalue weighted by Gasteiger charge is -2.16. The maximum absolute atomic E-state index is 12.2. The zero-order chi connectivity index (χ0) is 13.1. The molecule has 2 unspecified atom stereocenters. The number of ketones is 1. The van der Waals surface area contributed by atoms with Gasteiger partial charge in [-0.05, 0) is 43.0 Å². The van der Waals surface area contributed by atoms with E-state index in [0.717, 1.165) is 24.8 Å². The van der Waals surface area contributed by atoms with Crippen LogP contribution in [0.1, 0.15) is 24.8 Å². The number of Topliss-reactive ketones (excluding diaryl/α,β-unsaturated/α-hetero) is 1. The van der Waals surface area contributed by atoms with Crippen molar-refractivity contribution in [1.29, 1.82) is 0 Å². The van der Waals surface area contributed by atoms with Crippen LogP contribution in [0.5, 0.6) is 0 Å². The van der Waals surface area contributed by atoms with Gasteiger partial charge in [0, 0.05) is 12.3 Å². The molecule has 0 bridgehead atoms. The minimum Gasteiger partial charge on any atom is -0.330 e. The summed E-state index contributed by atoms with van der Waals surface area (Å²) in [6.07, 6.45) is 3.59. The lowest BCUT2D eigenvalue weighted by atomic mass is 9.89. The second-order valence-corrected chi connectivity index (χ2v) is 5.74. The molecule has 1 fully saturated rings. The second kappa shape index (κ2) is 6.05. The molecule has 0 radical (unpaired) electrons. The van der Waals surface area contributed by atoms with Crippen molar-refractivity contribution in [3.63, 3.8) is 0 Å². The fraction of sp³-hybridized carbons (Fsp3) is 0.500. The molecule has 2 atom stereocenters. The number of carbonyl (C=O) groups excluding carboxylic acids is 1. The van der Waals surface area contributed by atoms with Gasteiger partial charge in [-0.25, -0.2) is 0 Å². The van der Waals surface area contributed by atoms with Crippen molar-refractivity contribution in [3.8, 4) is 0 Å². The Morgan fingerprint density at radius 3 is 2.72 bits per heavy atom. The zero-order valence-corrected chi connectivity index (χ0v) is 11.7. The molecule has 2 rings (SSSR count). The molecule has 98 valence electrons. The summed E-state index contributed by atoms with van der Waals surface area (Å²) < 4.78 is 0. The first kappa shape index (κ1) is 13.9. The van der Waals surface area contributed by atoms with Crippen LogP contribution < -0.4 is 5.73 Å². The molecule has 0 amide bonds. The summed E-state index contributed by atoms with van der Waals surface area (Å²) in [5, 5.41) is 1.03. The molecular formula is C14H17Cl2NO. The molecule has 2 nitrogen and oxygen atoms in total. The summed E-state index contributed by atoms with van der Waals surface area (Å²) in [6.45, 7) is 0.609. The molecule has 0 spiro atoms. The lowest BCUT2D eigenvalue weighted by Crippen LogP contribution is -2.26. The zero-order valence-electron chi connectivity index (χ0n) is 10.2. The Bertz CT molecular complexity index is 447. The van der Waals surface area contributed by atoms with E-state index in [0.29, 0.717) is 28.9 Å². The maximum atomic E-state index is 12.2. The van der Waals surface area contributed by atoms with Gasteiger partial charge in [-0.3, -0.25) is 4.79 Å². The number of halogens is 2. The van der Waals surface area contributed by atoms with Gasteiger partial charge in [0.1, 0.15) is 5.78 Å². The van der Waals surface area contributed by atoms with Crippen LogP contribution in [0.15, 0.2) is 18.2 Å². The highest BCUT2D eigenvalue weighted by atomic mass is 35.5. The van der Waals surface area contributed by atoms with Gasteiger partial charge in [-0.2, -0.15) is 0 Å². The molecule has 4 heteroatoms. The Morgan fingerprint density at radius 1 is 1.28 bits per heavy atom. The summed E-state index contributed by atoms with van der Waals surface area (Å²) in [4.78, 5) is 12.2. The first-order chi connectivity index (χ1) is 8.61. The SMILES string of the molecule is NCC1CCCC1C(=O)Cc1ccc(Cl)c(Cl)c1. The first-order valence-corrected chi connectivity index (χ1v) is 7.04. The standard InChI is InChI=1S/C14H17Cl2NO/c15-12-5-4-9(6-13(12)16)7-14(18)11-3-1-2-10(11)8-17/h4-6,10-11H,1-3,7-8,17H2. The van der Waals surface area contributed by atoms with E-state index in [2.05, 4.69) is 0 Å². The van der Waals surface area contributed by atoms with E-state index in [1.165, 1.54) is 0 Å². The van der Waals surface area contributed by atoms with Crippen LogP contribution >= 0.6 is 23.2 Å². The smallest absolute Gasteiger partial charge is 0.140 e. The Hall–Kier alpha value is -0.570. The maximum Gasteiger partial charge on any atom is 0.140 e. The molecular weight excluding hydrogens is 269 g/mol. The third kappa shape index (κ3) is 3.05. The van der Waals surface area contributed by atoms with Crippen molar-refractivity contribution in [2.45, 2.75) is 25.7 Å². The van der Waals surface area contributed by atoms with E-state index in [4.69, 9.17) is 28.9 Å². The Balaban J connectivity index is 2.04. The largest absolute Gasteiger partial charge is 0.330 e. The Kier molecular flexibility index (Phi) is 4.66. The third-order valence-corrected chi connectivity index (χ3v) is 4.48. The molecule has 1 aliphatic carbocycles. The average molecular weight is 286 g/mol. The number of carbonyl (C=O) groups is 1. The molecule has 1 aliphatic rings. The monoisotopic (exact) mass is 285 g/mol. The van der Waals surface area contributed by atoms with Gasteiger partial charge in [0.2, 0.25) is 0 Å². The second-order valence-electron chi connectivity index (χ2n) is 4.92. The van der Waals surface area contributed by atoms with Crippen molar-refractivity contribution in [1.82, 2.24) is 0 Å². The van der Waals surface area contributed by atoms with Crippen molar-refractivity contribution in [3.05, 3.63) is 33.8 Å². The normalized spacial score (nSPS) is 23.3. The predicted molar refractivity (Wildman–Crippen MR) is 75.1 cm³/mol. The van der Waals surface area contributed by atoms with Crippen molar-refractivity contribution in [2.75, 3.05) is 6.54 Å². The highest BCUT2D eigenvalue weighted by Crippen LogP contribution is 2.32. The molecule has 1 aromatic rings. The molecule has 0 aromatic heterocycles. The summed E-state index contributed by atoms with van der Waals surface area (Å²) in [5.74, 6) is 0.770. The average Bonchev–Trinajstić information content (AvgIpc) is 2.82. The van der Waals surface area contributed by atoms with E-state index >= 15 is 0 Å². The minimum atomic E-state index is 0.129. The lowest BCUT2D eigenvalue weighted by molar-refractivity contribution is -0.123. The number of hydrogen-bond donors (Lipinski definition) is 1. The summed E-state index contributed by atoms with van der Waals surface area (Å²) in [7, 11) is 0. The van der Waals surface area contributed by atoms with Crippen LogP contribution in [0.2, 0.25) is 10.0 Å². The fourth-order valence-corrected chi connectivity index (χ4v) is 3.05. The van der Waals surface area contributed by atoms with E-state index < -0.39 is 0 Å². The van der Waals surface area contributed by atoms with Crippen LogP contribution in [0.4, 0.5) is 0 Å².